The Bertz CT molecular complexity index is 1170. The third-order valence-corrected chi connectivity index (χ3v) is 5.99. The first-order valence-corrected chi connectivity index (χ1v) is 10.0. The van der Waals surface area contributed by atoms with Crippen molar-refractivity contribution < 1.29 is 23.4 Å². The van der Waals surface area contributed by atoms with Gasteiger partial charge in [-0.1, -0.05) is 0 Å². The molecule has 1 aromatic carbocycles. The van der Waals surface area contributed by atoms with E-state index in [1.807, 2.05) is 0 Å². The van der Waals surface area contributed by atoms with Crippen molar-refractivity contribution in [3.8, 4) is 5.69 Å². The minimum atomic E-state index is -0.962. The molecule has 0 bridgehead atoms. The Morgan fingerprint density at radius 1 is 1.23 bits per heavy atom. The Labute approximate surface area is 176 Å². The number of hydrogen-bond donors (Lipinski definition) is 1. The van der Waals surface area contributed by atoms with Gasteiger partial charge < -0.3 is 15.3 Å². The topological polar surface area (TPSA) is 100 Å². The van der Waals surface area contributed by atoms with E-state index in [9.17, 15) is 19.2 Å². The molecule has 1 aliphatic heterocycles. The summed E-state index contributed by atoms with van der Waals surface area (Å²) < 4.78 is 20.9. The SMILES string of the molecule is O=C1OC2(CCC(C(=O)Nc3ccn(-c4ccc(F)cc4)n3)CC2)c2c1ccc[n+]2[O-]. The molecule has 2 aliphatic rings. The number of rotatable bonds is 3. The number of amides is 1. The molecule has 0 saturated heterocycles. The van der Waals surface area contributed by atoms with E-state index in [0.29, 0.717) is 53.2 Å². The zero-order chi connectivity index (χ0) is 21.6. The highest BCUT2D eigenvalue weighted by atomic mass is 19.1. The smallest absolute Gasteiger partial charge is 0.345 e. The third kappa shape index (κ3) is 3.31. The molecule has 1 saturated carbocycles. The number of aromatic nitrogens is 3. The van der Waals surface area contributed by atoms with Crippen LogP contribution < -0.4 is 10.0 Å². The summed E-state index contributed by atoms with van der Waals surface area (Å²) in [5, 5.41) is 19.4. The van der Waals surface area contributed by atoms with Gasteiger partial charge >= 0.3 is 5.97 Å². The predicted molar refractivity (Wildman–Crippen MR) is 107 cm³/mol. The van der Waals surface area contributed by atoms with Crippen molar-refractivity contribution in [3.63, 3.8) is 0 Å². The van der Waals surface area contributed by atoms with Gasteiger partial charge in [0.25, 0.3) is 5.69 Å². The number of fused-ring (bicyclic) bond motifs is 2. The number of anilines is 1. The highest BCUT2D eigenvalue weighted by molar-refractivity contribution is 5.94. The molecule has 9 heteroatoms. The minimum absolute atomic E-state index is 0.174. The number of carbonyl (C=O) groups is 2. The molecule has 5 rings (SSSR count). The van der Waals surface area contributed by atoms with Crippen LogP contribution in [0.3, 0.4) is 0 Å². The van der Waals surface area contributed by atoms with Crippen molar-refractivity contribution in [2.45, 2.75) is 31.3 Å². The van der Waals surface area contributed by atoms with E-state index in [0.717, 1.165) is 0 Å². The number of pyridine rings is 1. The maximum absolute atomic E-state index is 13.1. The molecular weight excluding hydrogens is 403 g/mol. The molecule has 31 heavy (non-hydrogen) atoms. The van der Waals surface area contributed by atoms with Crippen molar-refractivity contribution >= 4 is 17.7 Å². The number of nitrogens with zero attached hydrogens (tertiary/aromatic N) is 3. The van der Waals surface area contributed by atoms with E-state index >= 15 is 0 Å². The number of halogens is 1. The Kier molecular flexibility index (Phi) is 4.46. The first-order chi connectivity index (χ1) is 14.9. The summed E-state index contributed by atoms with van der Waals surface area (Å²) in [5.74, 6) is -0.892. The van der Waals surface area contributed by atoms with E-state index in [1.165, 1.54) is 24.4 Å². The lowest BCUT2D eigenvalue weighted by atomic mass is 9.76. The summed E-state index contributed by atoms with van der Waals surface area (Å²) in [4.78, 5) is 25.0. The monoisotopic (exact) mass is 422 g/mol. The summed E-state index contributed by atoms with van der Waals surface area (Å²) in [5.41, 5.74) is 0.355. The number of nitrogens with one attached hydrogen (secondary N) is 1. The van der Waals surface area contributed by atoms with Gasteiger partial charge in [0.15, 0.2) is 17.6 Å². The minimum Gasteiger partial charge on any atom is -0.618 e. The van der Waals surface area contributed by atoms with Gasteiger partial charge in [-0.3, -0.25) is 4.79 Å². The van der Waals surface area contributed by atoms with E-state index in [4.69, 9.17) is 4.74 Å². The van der Waals surface area contributed by atoms with Gasteiger partial charge in [-0.15, -0.1) is 0 Å². The van der Waals surface area contributed by atoms with Crippen LogP contribution in [0.4, 0.5) is 10.2 Å². The lowest BCUT2D eigenvalue weighted by molar-refractivity contribution is -0.621. The van der Waals surface area contributed by atoms with Gasteiger partial charge in [0.05, 0.1) is 5.69 Å². The van der Waals surface area contributed by atoms with Gasteiger partial charge in [0.1, 0.15) is 11.4 Å². The number of esters is 1. The van der Waals surface area contributed by atoms with E-state index < -0.39 is 11.6 Å². The summed E-state index contributed by atoms with van der Waals surface area (Å²) >= 11 is 0. The molecule has 1 aliphatic carbocycles. The molecule has 1 spiro atoms. The lowest BCUT2D eigenvalue weighted by Gasteiger charge is -2.33. The molecule has 8 nitrogen and oxygen atoms in total. The lowest BCUT2D eigenvalue weighted by Crippen LogP contribution is -2.44. The molecule has 3 heterocycles. The quantitative estimate of drug-likeness (QED) is 0.397. The highest BCUT2D eigenvalue weighted by Crippen LogP contribution is 2.46. The average molecular weight is 422 g/mol. The number of ether oxygens (including phenoxy) is 1. The zero-order valence-corrected chi connectivity index (χ0v) is 16.5. The van der Waals surface area contributed by atoms with Crippen LogP contribution >= 0.6 is 0 Å². The van der Waals surface area contributed by atoms with Crippen LogP contribution in [0, 0.1) is 16.9 Å². The van der Waals surface area contributed by atoms with Crippen molar-refractivity contribution in [1.29, 1.82) is 0 Å². The fourth-order valence-corrected chi connectivity index (χ4v) is 4.42. The van der Waals surface area contributed by atoms with Crippen LogP contribution in [0.2, 0.25) is 0 Å². The van der Waals surface area contributed by atoms with Gasteiger partial charge in [-0.05, 0) is 56.0 Å². The van der Waals surface area contributed by atoms with Crippen LogP contribution in [0.5, 0.6) is 0 Å². The largest absolute Gasteiger partial charge is 0.618 e. The Hall–Kier alpha value is -3.75. The number of benzene rings is 1. The predicted octanol–water partition coefficient (Wildman–Crippen LogP) is 2.84. The van der Waals surface area contributed by atoms with Crippen molar-refractivity contribution in [2.24, 2.45) is 5.92 Å². The molecule has 3 aromatic rings. The van der Waals surface area contributed by atoms with Crippen LogP contribution in [0.15, 0.2) is 54.9 Å². The number of carbonyl (C=O) groups excluding carboxylic acids is 2. The van der Waals surface area contributed by atoms with Gasteiger partial charge in [0.2, 0.25) is 5.91 Å². The molecule has 0 unspecified atom stereocenters. The van der Waals surface area contributed by atoms with E-state index in [2.05, 4.69) is 10.4 Å². The maximum Gasteiger partial charge on any atom is 0.345 e. The normalized spacial score (nSPS) is 22.2. The van der Waals surface area contributed by atoms with Crippen molar-refractivity contribution in [1.82, 2.24) is 9.78 Å². The van der Waals surface area contributed by atoms with Crippen LogP contribution in [-0.2, 0) is 15.1 Å². The van der Waals surface area contributed by atoms with Crippen LogP contribution in [-0.4, -0.2) is 21.7 Å². The molecule has 1 fully saturated rings. The van der Waals surface area contributed by atoms with Gasteiger partial charge in [0, 0.05) is 24.2 Å². The Balaban J connectivity index is 1.26. The average Bonchev–Trinajstić information content (AvgIpc) is 3.33. The van der Waals surface area contributed by atoms with Gasteiger partial charge in [-0.2, -0.15) is 9.83 Å². The second-order valence-corrected chi connectivity index (χ2v) is 7.87. The molecule has 2 aromatic heterocycles. The Morgan fingerprint density at radius 3 is 2.71 bits per heavy atom. The van der Waals surface area contributed by atoms with Crippen LogP contribution in [0.1, 0.15) is 41.7 Å². The summed E-state index contributed by atoms with van der Waals surface area (Å²) in [7, 11) is 0. The third-order valence-electron chi connectivity index (χ3n) is 5.99. The molecule has 0 atom stereocenters. The summed E-state index contributed by atoms with van der Waals surface area (Å²) in [6, 6.07) is 10.7. The standard InChI is InChI=1S/C22H19FN4O4/c23-15-3-5-16(6-4-15)26-13-9-18(25-26)24-20(28)14-7-10-22(11-8-14)19-17(21(29)31-22)2-1-12-27(19)30/h1-6,9,12-14H,7-8,10-11H2,(H,24,25,28). The number of hydrogen-bond acceptors (Lipinski definition) is 5. The first-order valence-electron chi connectivity index (χ1n) is 10.0. The summed E-state index contributed by atoms with van der Waals surface area (Å²) in [6.45, 7) is 0. The van der Waals surface area contributed by atoms with E-state index in [-0.39, 0.29) is 17.6 Å². The second-order valence-electron chi connectivity index (χ2n) is 7.87. The highest BCUT2D eigenvalue weighted by Gasteiger charge is 2.54. The second kappa shape index (κ2) is 7.19. The zero-order valence-electron chi connectivity index (χ0n) is 16.5. The maximum atomic E-state index is 13.1. The molecule has 0 radical (unpaired) electrons. The first kappa shape index (κ1) is 19.2. The molecule has 1 amide bonds. The fraction of sp³-hybridized carbons (Fsp3) is 0.273. The molecule has 1 N–H and O–H groups in total. The fourth-order valence-electron chi connectivity index (χ4n) is 4.42. The molecule has 158 valence electrons. The van der Waals surface area contributed by atoms with E-state index in [1.54, 1.807) is 35.1 Å². The molecular formula is C22H19FN4O4. The Morgan fingerprint density at radius 2 is 1.97 bits per heavy atom. The summed E-state index contributed by atoms with van der Waals surface area (Å²) in [6.07, 6.45) is 4.80. The van der Waals surface area contributed by atoms with Crippen molar-refractivity contribution in [3.05, 3.63) is 77.1 Å². The van der Waals surface area contributed by atoms with Crippen LogP contribution in [0.25, 0.3) is 5.69 Å². The van der Waals surface area contributed by atoms with Gasteiger partial charge in [-0.25, -0.2) is 13.9 Å². The van der Waals surface area contributed by atoms with Crippen molar-refractivity contribution in [2.75, 3.05) is 5.32 Å².